The number of phenolic OH excluding ortho intramolecular Hbond substituents is 1. The highest BCUT2D eigenvalue weighted by molar-refractivity contribution is 5.83. The molecule has 7 rings (SSSR count). The lowest BCUT2D eigenvalue weighted by Gasteiger charge is -2.37. The molecular formula is C53H70N3O7-. The van der Waals surface area contributed by atoms with Gasteiger partial charge in [0.05, 0.1) is 29.4 Å². The van der Waals surface area contributed by atoms with E-state index in [4.69, 9.17) is 5.73 Å². The summed E-state index contributed by atoms with van der Waals surface area (Å²) in [4.78, 5) is 20.5. The summed E-state index contributed by atoms with van der Waals surface area (Å²) >= 11 is 0. The van der Waals surface area contributed by atoms with Crippen LogP contribution in [-0.4, -0.2) is 59.3 Å². The number of allylic oxidation sites excluding steroid dienone is 1. The number of aliphatic hydroxyl groups excluding tert-OH is 2. The summed E-state index contributed by atoms with van der Waals surface area (Å²) < 4.78 is 0. The van der Waals surface area contributed by atoms with Crippen LogP contribution in [0.4, 0.5) is 5.82 Å². The number of hydrogen-bond donors (Lipinski definition) is 7. The second kappa shape index (κ2) is 20.9. The quantitative estimate of drug-likeness (QED) is 0.0315. The number of carboxylic acids is 1. The summed E-state index contributed by atoms with van der Waals surface area (Å²) in [5, 5.41) is 68.7. The first-order chi connectivity index (χ1) is 30.4. The van der Waals surface area contributed by atoms with Crippen molar-refractivity contribution in [2.24, 2.45) is 29.6 Å². The monoisotopic (exact) mass is 861 g/mol. The van der Waals surface area contributed by atoms with Gasteiger partial charge in [0.2, 0.25) is 0 Å². The van der Waals surface area contributed by atoms with Gasteiger partial charge in [-0.3, -0.25) is 4.79 Å². The molecule has 0 aliphatic heterocycles. The SMILES string of the molecule is CCCCCC1C=CC(CCCCCC(C(=O)O)C(O)CCC2(O)CC(C3(c4ccnc(N)c4)CCCC3)CC2Cc2cc(-c3ccccc3)c(-c3cc([O-])cc(O)c3)[nH]2)C(O)C1. The van der Waals surface area contributed by atoms with Crippen LogP contribution in [0.3, 0.4) is 0 Å². The number of nitrogen functional groups attached to an aromatic ring is 1. The van der Waals surface area contributed by atoms with E-state index in [1.54, 1.807) is 12.3 Å². The Morgan fingerprint density at radius 1 is 0.937 bits per heavy atom. The Labute approximate surface area is 373 Å². The average Bonchev–Trinajstić information content (AvgIpc) is 4.01. The van der Waals surface area contributed by atoms with Crippen molar-refractivity contribution in [2.75, 3.05) is 5.73 Å². The van der Waals surface area contributed by atoms with Gasteiger partial charge < -0.3 is 41.4 Å². The zero-order valence-corrected chi connectivity index (χ0v) is 37.1. The molecule has 3 aliphatic carbocycles. The minimum absolute atomic E-state index is 0.111. The van der Waals surface area contributed by atoms with E-state index in [1.807, 2.05) is 36.4 Å². The third kappa shape index (κ3) is 11.2. The molecule has 4 aromatic rings. The largest absolute Gasteiger partial charge is 0.872 e. The number of nitrogens with one attached hydrogen (secondary N) is 1. The maximum Gasteiger partial charge on any atom is 0.309 e. The number of H-pyrrole nitrogens is 1. The predicted molar refractivity (Wildman–Crippen MR) is 247 cm³/mol. The lowest BCUT2D eigenvalue weighted by atomic mass is 9.67. The van der Waals surface area contributed by atoms with Crippen molar-refractivity contribution in [2.45, 2.75) is 152 Å². The Balaban J connectivity index is 1.07. The summed E-state index contributed by atoms with van der Waals surface area (Å²) in [7, 11) is 0. The molecule has 10 nitrogen and oxygen atoms in total. The Hall–Kier alpha value is -4.64. The molecule has 8 unspecified atom stereocenters. The molecule has 2 fully saturated rings. The van der Waals surface area contributed by atoms with E-state index in [2.05, 4.69) is 41.2 Å². The van der Waals surface area contributed by atoms with Crippen molar-refractivity contribution in [3.63, 3.8) is 0 Å². The molecule has 2 aromatic heterocycles. The molecule has 0 spiro atoms. The number of unbranched alkanes of at least 4 members (excludes halogenated alkanes) is 4. The number of benzene rings is 2. The van der Waals surface area contributed by atoms with Crippen LogP contribution < -0.4 is 10.8 Å². The van der Waals surface area contributed by atoms with E-state index in [9.17, 15) is 35.4 Å². The van der Waals surface area contributed by atoms with Crippen molar-refractivity contribution in [1.29, 1.82) is 0 Å². The molecule has 0 amide bonds. The molecule has 63 heavy (non-hydrogen) atoms. The lowest BCUT2D eigenvalue weighted by Crippen LogP contribution is -2.38. The summed E-state index contributed by atoms with van der Waals surface area (Å²) in [6, 6.07) is 20.3. The van der Waals surface area contributed by atoms with E-state index in [-0.39, 0.29) is 53.6 Å². The summed E-state index contributed by atoms with van der Waals surface area (Å²) in [6.45, 7) is 2.21. The fourth-order valence-corrected chi connectivity index (χ4v) is 11.8. The molecule has 0 saturated heterocycles. The van der Waals surface area contributed by atoms with Crippen LogP contribution >= 0.6 is 0 Å². The fraction of sp³-hybridized carbons (Fsp3) is 0.547. The van der Waals surface area contributed by atoms with Crippen molar-refractivity contribution >= 4 is 11.8 Å². The van der Waals surface area contributed by atoms with Crippen molar-refractivity contribution < 1.29 is 35.4 Å². The van der Waals surface area contributed by atoms with E-state index >= 15 is 0 Å². The molecule has 8 N–H and O–H groups in total. The Morgan fingerprint density at radius 2 is 1.71 bits per heavy atom. The van der Waals surface area contributed by atoms with Crippen LogP contribution in [0.15, 0.2) is 85.1 Å². The number of phenols is 1. The number of nitrogens with zero attached hydrogens (tertiary/aromatic N) is 1. The summed E-state index contributed by atoms with van der Waals surface area (Å²) in [5.74, 6) is -1.41. The molecule has 8 atom stereocenters. The highest BCUT2D eigenvalue weighted by atomic mass is 16.4. The molecule has 0 radical (unpaired) electrons. The smallest absolute Gasteiger partial charge is 0.309 e. The number of aromatic hydroxyl groups is 1. The Bertz CT molecular complexity index is 2110. The normalized spacial score (nSPS) is 25.3. The van der Waals surface area contributed by atoms with E-state index in [1.165, 1.54) is 31.4 Å². The first-order valence-corrected chi connectivity index (χ1v) is 23.9. The zero-order chi connectivity index (χ0) is 44.6. The van der Waals surface area contributed by atoms with Gasteiger partial charge in [0.1, 0.15) is 11.6 Å². The van der Waals surface area contributed by atoms with Crippen LogP contribution in [-0.2, 0) is 16.6 Å². The molecular weight excluding hydrogens is 791 g/mol. The molecule has 10 heteroatoms. The summed E-state index contributed by atoms with van der Waals surface area (Å²) in [6.07, 6.45) is 20.2. The van der Waals surface area contributed by atoms with Gasteiger partial charge in [0.25, 0.3) is 0 Å². The second-order valence-corrected chi connectivity index (χ2v) is 19.4. The topological polar surface area (TPSA) is 196 Å². The Morgan fingerprint density at radius 3 is 2.43 bits per heavy atom. The number of pyridine rings is 1. The van der Waals surface area contributed by atoms with Gasteiger partial charge in [-0.2, -0.15) is 0 Å². The van der Waals surface area contributed by atoms with E-state index < -0.39 is 23.6 Å². The molecule has 2 heterocycles. The van der Waals surface area contributed by atoms with E-state index in [0.717, 1.165) is 86.6 Å². The minimum atomic E-state index is -1.20. The lowest BCUT2D eigenvalue weighted by molar-refractivity contribution is -0.268. The highest BCUT2D eigenvalue weighted by Gasteiger charge is 2.54. The number of carbonyl (C=O) groups is 1. The van der Waals surface area contributed by atoms with Crippen LogP contribution in [0.5, 0.6) is 11.5 Å². The number of anilines is 1. The molecule has 2 saturated carbocycles. The van der Waals surface area contributed by atoms with Crippen LogP contribution in [0.25, 0.3) is 22.4 Å². The number of aliphatic carboxylic acids is 1. The van der Waals surface area contributed by atoms with Crippen molar-refractivity contribution in [1.82, 2.24) is 9.97 Å². The number of hydrogen-bond acceptors (Lipinski definition) is 8. The number of aromatic nitrogens is 2. The van der Waals surface area contributed by atoms with Crippen molar-refractivity contribution in [3.8, 4) is 33.9 Å². The van der Waals surface area contributed by atoms with Crippen LogP contribution in [0.1, 0.15) is 134 Å². The highest BCUT2D eigenvalue weighted by Crippen LogP contribution is 2.57. The summed E-state index contributed by atoms with van der Waals surface area (Å²) in [5.41, 5.74) is 10.0. The van der Waals surface area contributed by atoms with Crippen LogP contribution in [0, 0.1) is 29.6 Å². The number of aliphatic hydroxyl groups is 3. The van der Waals surface area contributed by atoms with Gasteiger partial charge in [0.15, 0.2) is 0 Å². The minimum Gasteiger partial charge on any atom is -0.872 e. The number of nitrogens with two attached hydrogens (primary N) is 1. The third-order valence-corrected chi connectivity index (χ3v) is 15.2. The van der Waals surface area contributed by atoms with Gasteiger partial charge in [-0.25, -0.2) is 4.98 Å². The van der Waals surface area contributed by atoms with Gasteiger partial charge in [0, 0.05) is 28.9 Å². The molecule has 340 valence electrons. The Kier molecular flexibility index (Phi) is 15.4. The molecule has 2 aromatic carbocycles. The van der Waals surface area contributed by atoms with E-state index in [0.29, 0.717) is 48.7 Å². The number of rotatable bonds is 21. The first kappa shape index (κ1) is 46.4. The van der Waals surface area contributed by atoms with Gasteiger partial charge >= 0.3 is 5.97 Å². The standard InChI is InChI=1S/C53H71N3O7/c1-2-3-6-13-35-18-19-37(48(60)26-35)16-9-5-10-17-45(51(61)62)47(59)20-24-53(63)34-41(52(22-11-12-23-52)39-21-25-55-49(54)31-39)29-40(53)30-42-32-46(36-14-7-4-8-15-36)50(56-42)38-27-43(57)33-44(58)28-38/h4,7-8,14-15,18-19,21,25,27-28,31-33,35,37,40-41,45,47-48,56-60,63H,2-3,5-6,9-13,16-17,20,22-24,26,29-30,34H2,1H3,(H2,54,55)(H,61,62)/p-1. The third-order valence-electron chi connectivity index (χ3n) is 15.2. The van der Waals surface area contributed by atoms with Gasteiger partial charge in [-0.15, -0.1) is 5.75 Å². The maximum atomic E-state index is 13.0. The number of carboxylic acid groups (broad SMARTS) is 1. The molecule has 0 bridgehead atoms. The zero-order valence-electron chi connectivity index (χ0n) is 37.1. The predicted octanol–water partition coefficient (Wildman–Crippen LogP) is 9.84. The van der Waals surface area contributed by atoms with Crippen molar-refractivity contribution in [3.05, 3.63) is 96.3 Å². The number of aromatic amines is 1. The average molecular weight is 861 g/mol. The van der Waals surface area contributed by atoms with Crippen LogP contribution in [0.2, 0.25) is 0 Å². The fourth-order valence-electron chi connectivity index (χ4n) is 11.8. The maximum absolute atomic E-state index is 13.0. The first-order valence-electron chi connectivity index (χ1n) is 23.9. The molecule has 3 aliphatic rings. The van der Waals surface area contributed by atoms with Gasteiger partial charge in [-0.1, -0.05) is 107 Å². The second-order valence-electron chi connectivity index (χ2n) is 19.4. The van der Waals surface area contributed by atoms with Gasteiger partial charge in [-0.05, 0) is 135 Å².